The Morgan fingerprint density at radius 2 is 2.25 bits per heavy atom. The average molecular weight is 329 g/mol. The maximum absolute atomic E-state index is 12.7. The molecule has 0 aromatic carbocycles. The lowest BCUT2D eigenvalue weighted by molar-refractivity contribution is 0.0943. The molecule has 0 saturated carbocycles. The summed E-state index contributed by atoms with van der Waals surface area (Å²) in [6, 6.07) is 2.52. The van der Waals surface area contributed by atoms with Crippen molar-refractivity contribution >= 4 is 16.9 Å². The van der Waals surface area contributed by atoms with Gasteiger partial charge in [0.1, 0.15) is 0 Å². The highest BCUT2D eigenvalue weighted by atomic mass is 16.1. The van der Waals surface area contributed by atoms with Crippen LogP contribution in [0.1, 0.15) is 55.7 Å². The molecule has 0 aliphatic carbocycles. The van der Waals surface area contributed by atoms with E-state index in [4.69, 9.17) is 0 Å². The van der Waals surface area contributed by atoms with Crippen LogP contribution in [0.3, 0.4) is 0 Å². The first-order chi connectivity index (χ1) is 11.5. The van der Waals surface area contributed by atoms with E-state index in [2.05, 4.69) is 41.1 Å². The lowest BCUT2D eigenvalue weighted by Gasteiger charge is -2.23. The van der Waals surface area contributed by atoms with E-state index in [0.29, 0.717) is 18.2 Å². The summed E-state index contributed by atoms with van der Waals surface area (Å²) in [5, 5.41) is 8.35. The molecule has 0 bridgehead atoms. The fraction of sp³-hybridized carbons (Fsp3) is 0.611. The van der Waals surface area contributed by atoms with Gasteiger partial charge in [-0.05, 0) is 52.8 Å². The molecule has 2 aromatic rings. The van der Waals surface area contributed by atoms with Crippen molar-refractivity contribution in [3.8, 4) is 0 Å². The summed E-state index contributed by atoms with van der Waals surface area (Å²) in [7, 11) is 0. The van der Waals surface area contributed by atoms with Crippen LogP contribution in [0, 0.1) is 6.92 Å². The highest BCUT2D eigenvalue weighted by Crippen LogP contribution is 2.21. The molecule has 3 rings (SSSR count). The molecule has 1 atom stereocenters. The molecule has 1 aliphatic rings. The predicted molar refractivity (Wildman–Crippen MR) is 95.3 cm³/mol. The van der Waals surface area contributed by atoms with Crippen molar-refractivity contribution < 1.29 is 4.79 Å². The highest BCUT2D eigenvalue weighted by Gasteiger charge is 2.24. The van der Waals surface area contributed by atoms with E-state index in [1.165, 1.54) is 6.42 Å². The van der Waals surface area contributed by atoms with Gasteiger partial charge in [0.2, 0.25) is 0 Å². The first-order valence-electron chi connectivity index (χ1n) is 8.88. The number of aromatic nitrogens is 3. The number of pyridine rings is 1. The first-order valence-corrected chi connectivity index (χ1v) is 8.88. The zero-order valence-electron chi connectivity index (χ0n) is 15.0. The third-order valence-electron chi connectivity index (χ3n) is 4.83. The Morgan fingerprint density at radius 3 is 2.96 bits per heavy atom. The average Bonchev–Trinajstić information content (AvgIpc) is 3.17. The van der Waals surface area contributed by atoms with Gasteiger partial charge >= 0.3 is 0 Å². The predicted octanol–water partition coefficient (Wildman–Crippen LogP) is 2.53. The molecule has 1 N–H and O–H groups in total. The quantitative estimate of drug-likeness (QED) is 0.915. The number of likely N-dealkylation sites (tertiary alicyclic amines) is 1. The Balaban J connectivity index is 1.82. The van der Waals surface area contributed by atoms with Gasteiger partial charge in [-0.1, -0.05) is 6.92 Å². The van der Waals surface area contributed by atoms with Crippen LogP contribution in [0.25, 0.3) is 11.0 Å². The van der Waals surface area contributed by atoms with E-state index in [9.17, 15) is 4.79 Å². The minimum Gasteiger partial charge on any atom is -0.350 e. The molecule has 6 nitrogen and oxygen atoms in total. The second kappa shape index (κ2) is 6.89. The number of fused-ring (bicyclic) bond motifs is 1. The van der Waals surface area contributed by atoms with E-state index in [0.717, 1.165) is 36.2 Å². The molecule has 1 amide bonds. The lowest BCUT2D eigenvalue weighted by atomic mass is 10.1. The van der Waals surface area contributed by atoms with Crippen molar-refractivity contribution in [2.75, 3.05) is 19.6 Å². The number of hydrogen-bond acceptors (Lipinski definition) is 4. The van der Waals surface area contributed by atoms with Crippen molar-refractivity contribution in [3.63, 3.8) is 0 Å². The first kappa shape index (κ1) is 16.9. The van der Waals surface area contributed by atoms with Crippen molar-refractivity contribution in [1.29, 1.82) is 0 Å². The van der Waals surface area contributed by atoms with Gasteiger partial charge in [0.25, 0.3) is 5.91 Å². The molecule has 1 fully saturated rings. The van der Waals surface area contributed by atoms with Gasteiger partial charge in [0, 0.05) is 24.3 Å². The van der Waals surface area contributed by atoms with Crippen LogP contribution in [0.4, 0.5) is 0 Å². The zero-order chi connectivity index (χ0) is 17.3. The van der Waals surface area contributed by atoms with Gasteiger partial charge in [0.05, 0.1) is 17.1 Å². The topological polar surface area (TPSA) is 63.1 Å². The Labute approximate surface area is 143 Å². The van der Waals surface area contributed by atoms with Crippen LogP contribution >= 0.6 is 0 Å². The van der Waals surface area contributed by atoms with E-state index in [-0.39, 0.29) is 11.9 Å². The van der Waals surface area contributed by atoms with E-state index in [1.807, 2.05) is 17.7 Å². The van der Waals surface area contributed by atoms with E-state index >= 15 is 0 Å². The number of aryl methyl sites for hydroxylation is 1. The van der Waals surface area contributed by atoms with Gasteiger partial charge in [-0.15, -0.1) is 0 Å². The molecule has 1 aliphatic heterocycles. The molecule has 2 aromatic heterocycles. The lowest BCUT2D eigenvalue weighted by Crippen LogP contribution is -2.40. The minimum atomic E-state index is -0.0308. The molecular weight excluding hydrogens is 302 g/mol. The molecule has 24 heavy (non-hydrogen) atoms. The van der Waals surface area contributed by atoms with Crippen molar-refractivity contribution in [2.24, 2.45) is 0 Å². The summed E-state index contributed by atoms with van der Waals surface area (Å²) < 4.78 is 1.87. The highest BCUT2D eigenvalue weighted by molar-refractivity contribution is 6.05. The standard InChI is InChI=1S/C18H27N5O/c1-5-22-8-6-7-14(22)10-19-18(24)15-9-13(4)21-17-16(15)11-20-23(17)12(2)3/h9,11-12,14H,5-8,10H2,1-4H3,(H,19,24)/t14-/m1/s1. The number of hydrogen-bond donors (Lipinski definition) is 1. The molecular formula is C18H27N5O. The number of amides is 1. The Morgan fingerprint density at radius 1 is 1.46 bits per heavy atom. The van der Waals surface area contributed by atoms with Crippen LogP contribution < -0.4 is 5.32 Å². The molecule has 6 heteroatoms. The molecule has 0 spiro atoms. The van der Waals surface area contributed by atoms with Gasteiger partial charge in [-0.2, -0.15) is 5.10 Å². The van der Waals surface area contributed by atoms with Crippen LogP contribution in [0.15, 0.2) is 12.3 Å². The summed E-state index contributed by atoms with van der Waals surface area (Å²) in [5.41, 5.74) is 2.29. The van der Waals surface area contributed by atoms with E-state index < -0.39 is 0 Å². The number of rotatable bonds is 5. The second-order valence-corrected chi connectivity index (χ2v) is 6.87. The summed E-state index contributed by atoms with van der Waals surface area (Å²) in [4.78, 5) is 19.8. The van der Waals surface area contributed by atoms with Crippen molar-refractivity contribution in [3.05, 3.63) is 23.5 Å². The van der Waals surface area contributed by atoms with Gasteiger partial charge in [-0.25, -0.2) is 9.67 Å². The number of likely N-dealkylation sites (N-methyl/N-ethyl adjacent to an activating group) is 1. The van der Waals surface area contributed by atoms with Gasteiger partial charge in [0.15, 0.2) is 5.65 Å². The Bertz CT molecular complexity index is 736. The van der Waals surface area contributed by atoms with Crippen LogP contribution in [-0.2, 0) is 0 Å². The van der Waals surface area contributed by atoms with Crippen LogP contribution in [0.5, 0.6) is 0 Å². The molecule has 3 heterocycles. The molecule has 0 radical (unpaired) electrons. The molecule has 0 unspecified atom stereocenters. The second-order valence-electron chi connectivity index (χ2n) is 6.87. The van der Waals surface area contributed by atoms with E-state index in [1.54, 1.807) is 6.20 Å². The normalized spacial score (nSPS) is 18.6. The SMILES string of the molecule is CCN1CCC[C@@H]1CNC(=O)c1cc(C)nc2c1cnn2C(C)C. The zero-order valence-corrected chi connectivity index (χ0v) is 15.0. The molecule has 1 saturated heterocycles. The number of nitrogens with one attached hydrogen (secondary N) is 1. The third kappa shape index (κ3) is 3.15. The fourth-order valence-electron chi connectivity index (χ4n) is 3.56. The maximum atomic E-state index is 12.7. The van der Waals surface area contributed by atoms with Gasteiger partial charge < -0.3 is 5.32 Å². The monoisotopic (exact) mass is 329 g/mol. The largest absolute Gasteiger partial charge is 0.350 e. The van der Waals surface area contributed by atoms with Gasteiger partial charge in [-0.3, -0.25) is 9.69 Å². The van der Waals surface area contributed by atoms with Crippen LogP contribution in [-0.4, -0.2) is 51.2 Å². The Hall–Kier alpha value is -1.95. The third-order valence-corrected chi connectivity index (χ3v) is 4.83. The Kier molecular flexibility index (Phi) is 4.85. The summed E-state index contributed by atoms with van der Waals surface area (Å²) in [5.74, 6) is -0.0308. The van der Waals surface area contributed by atoms with Crippen molar-refractivity contribution in [2.45, 2.75) is 52.6 Å². The fourth-order valence-corrected chi connectivity index (χ4v) is 3.56. The molecule has 130 valence electrons. The number of nitrogens with zero attached hydrogens (tertiary/aromatic N) is 4. The van der Waals surface area contributed by atoms with Crippen molar-refractivity contribution in [1.82, 2.24) is 25.0 Å². The minimum absolute atomic E-state index is 0.0308. The number of carbonyl (C=O) groups excluding carboxylic acids is 1. The summed E-state index contributed by atoms with van der Waals surface area (Å²) >= 11 is 0. The smallest absolute Gasteiger partial charge is 0.252 e. The number of carbonyl (C=O) groups is 1. The van der Waals surface area contributed by atoms with Crippen LogP contribution in [0.2, 0.25) is 0 Å². The maximum Gasteiger partial charge on any atom is 0.252 e. The summed E-state index contributed by atoms with van der Waals surface area (Å²) in [6.45, 7) is 11.1. The summed E-state index contributed by atoms with van der Waals surface area (Å²) in [6.07, 6.45) is 4.13.